The van der Waals surface area contributed by atoms with E-state index in [-0.39, 0.29) is 23.7 Å². The second-order valence-corrected chi connectivity index (χ2v) is 11.4. The summed E-state index contributed by atoms with van der Waals surface area (Å²) in [5, 5.41) is 6.67. The van der Waals surface area contributed by atoms with Gasteiger partial charge in [-0.1, -0.05) is 0 Å². The highest BCUT2D eigenvalue weighted by molar-refractivity contribution is 7.18. The fourth-order valence-electron chi connectivity index (χ4n) is 4.98. The fraction of sp³-hybridized carbons (Fsp3) is 0.542. The van der Waals surface area contributed by atoms with Crippen LogP contribution in [-0.2, 0) is 9.59 Å². The lowest BCUT2D eigenvalue weighted by molar-refractivity contribution is -0.139. The zero-order chi connectivity index (χ0) is 23.8. The van der Waals surface area contributed by atoms with Gasteiger partial charge in [0.15, 0.2) is 5.13 Å². The molecule has 2 aliphatic rings. The zero-order valence-electron chi connectivity index (χ0n) is 19.8. The van der Waals surface area contributed by atoms with Crippen LogP contribution in [0, 0.1) is 32.6 Å². The summed E-state index contributed by atoms with van der Waals surface area (Å²) in [5.41, 5.74) is 2.17. The number of likely N-dealkylation sites (tertiary alicyclic amines) is 1. The number of amides is 2. The number of rotatable bonds is 4. The summed E-state index contributed by atoms with van der Waals surface area (Å²) in [6, 6.07) is 0. The number of anilines is 2. The molecule has 180 valence electrons. The lowest BCUT2D eigenvalue weighted by Crippen LogP contribution is -2.46. The van der Waals surface area contributed by atoms with Crippen LogP contribution in [0.2, 0.25) is 0 Å². The van der Waals surface area contributed by atoms with Crippen LogP contribution in [0.3, 0.4) is 0 Å². The van der Waals surface area contributed by atoms with E-state index in [1.165, 1.54) is 21.8 Å². The Morgan fingerprint density at radius 2 is 1.71 bits per heavy atom. The Balaban J connectivity index is 1.14. The number of thiophene rings is 1. The summed E-state index contributed by atoms with van der Waals surface area (Å²) in [4.78, 5) is 45.8. The van der Waals surface area contributed by atoms with Crippen LogP contribution < -0.4 is 10.2 Å². The SMILES string of the molecule is Cc1csc(NC(=O)C2CCN(C(=O)C3CCN(c4ncnc5sc(C)c(C)c45)CC3)CC2)n1. The lowest BCUT2D eigenvalue weighted by atomic mass is 9.91. The van der Waals surface area contributed by atoms with Gasteiger partial charge >= 0.3 is 0 Å². The molecular weight excluding hydrogens is 468 g/mol. The quantitative estimate of drug-likeness (QED) is 0.581. The minimum atomic E-state index is -0.0624. The number of nitrogens with zero attached hydrogens (tertiary/aromatic N) is 5. The number of carbonyl (C=O) groups excluding carboxylic acids is 2. The van der Waals surface area contributed by atoms with Crippen LogP contribution >= 0.6 is 22.7 Å². The first-order valence-corrected chi connectivity index (χ1v) is 13.6. The van der Waals surface area contributed by atoms with E-state index in [1.54, 1.807) is 17.7 Å². The normalized spacial score (nSPS) is 18.0. The first kappa shape index (κ1) is 23.2. The third-order valence-electron chi connectivity index (χ3n) is 7.12. The average molecular weight is 499 g/mol. The van der Waals surface area contributed by atoms with E-state index >= 15 is 0 Å². The third-order valence-corrected chi connectivity index (χ3v) is 9.11. The molecule has 2 amide bonds. The molecule has 3 aromatic heterocycles. The number of piperidine rings is 2. The topological polar surface area (TPSA) is 91.3 Å². The molecule has 0 unspecified atom stereocenters. The maximum Gasteiger partial charge on any atom is 0.229 e. The molecule has 0 bridgehead atoms. The molecule has 0 atom stereocenters. The lowest BCUT2D eigenvalue weighted by Gasteiger charge is -2.37. The van der Waals surface area contributed by atoms with Crippen LogP contribution in [0.5, 0.6) is 0 Å². The second kappa shape index (κ2) is 9.58. The molecule has 2 saturated heterocycles. The van der Waals surface area contributed by atoms with Gasteiger partial charge in [-0.15, -0.1) is 22.7 Å². The minimum Gasteiger partial charge on any atom is -0.356 e. The number of fused-ring (bicyclic) bond motifs is 1. The number of hydrogen-bond donors (Lipinski definition) is 1. The number of hydrogen-bond acceptors (Lipinski definition) is 8. The molecule has 5 rings (SSSR count). The Kier molecular flexibility index (Phi) is 6.52. The molecule has 3 aromatic rings. The first-order chi connectivity index (χ1) is 16.4. The van der Waals surface area contributed by atoms with Crippen LogP contribution in [0.1, 0.15) is 41.8 Å². The summed E-state index contributed by atoms with van der Waals surface area (Å²) in [7, 11) is 0. The van der Waals surface area contributed by atoms with Crippen molar-refractivity contribution in [3.05, 3.63) is 27.8 Å². The standard InChI is InChI=1S/C24H30N6O2S2/c1-14-12-33-24(27-14)28-21(31)17-4-10-30(11-5-17)23(32)18-6-8-29(9-7-18)20-19-15(2)16(3)34-22(19)26-13-25-20/h12-13,17-18H,4-11H2,1-3H3,(H,27,28,31). The summed E-state index contributed by atoms with van der Waals surface area (Å²) >= 11 is 3.16. The van der Waals surface area contributed by atoms with E-state index in [0.717, 1.165) is 47.7 Å². The summed E-state index contributed by atoms with van der Waals surface area (Å²) < 4.78 is 0. The fourth-order valence-corrected chi connectivity index (χ4v) is 6.66. The van der Waals surface area contributed by atoms with Gasteiger partial charge in [0.2, 0.25) is 11.8 Å². The molecule has 0 saturated carbocycles. The predicted octanol–water partition coefficient (Wildman–Crippen LogP) is 4.17. The van der Waals surface area contributed by atoms with Gasteiger partial charge in [-0.25, -0.2) is 15.0 Å². The third kappa shape index (κ3) is 4.53. The number of thiazole rings is 1. The molecular formula is C24H30N6O2S2. The largest absolute Gasteiger partial charge is 0.356 e. The Hall–Kier alpha value is -2.59. The minimum absolute atomic E-state index is 0.0184. The highest BCUT2D eigenvalue weighted by atomic mass is 32.1. The summed E-state index contributed by atoms with van der Waals surface area (Å²) in [6.07, 6.45) is 4.72. The molecule has 34 heavy (non-hydrogen) atoms. The van der Waals surface area contributed by atoms with E-state index in [0.29, 0.717) is 31.1 Å². The molecule has 0 radical (unpaired) electrons. The van der Waals surface area contributed by atoms with E-state index in [9.17, 15) is 9.59 Å². The van der Waals surface area contributed by atoms with Gasteiger partial charge < -0.3 is 15.1 Å². The van der Waals surface area contributed by atoms with Gasteiger partial charge in [0.25, 0.3) is 0 Å². The van der Waals surface area contributed by atoms with Crippen molar-refractivity contribution in [2.45, 2.75) is 46.5 Å². The number of carbonyl (C=O) groups is 2. The number of nitrogens with one attached hydrogen (secondary N) is 1. The van der Waals surface area contributed by atoms with Gasteiger partial charge in [0.1, 0.15) is 17.0 Å². The smallest absolute Gasteiger partial charge is 0.229 e. The molecule has 0 spiro atoms. The summed E-state index contributed by atoms with van der Waals surface area (Å²) in [6.45, 7) is 9.12. The Bertz CT molecular complexity index is 1210. The molecule has 2 aliphatic heterocycles. The molecule has 0 aliphatic carbocycles. The zero-order valence-corrected chi connectivity index (χ0v) is 21.5. The van der Waals surface area contributed by atoms with Crippen LogP contribution in [0.15, 0.2) is 11.7 Å². The Labute approximate surface area is 207 Å². The van der Waals surface area contributed by atoms with Gasteiger partial charge in [0.05, 0.1) is 11.1 Å². The van der Waals surface area contributed by atoms with Gasteiger partial charge in [-0.3, -0.25) is 9.59 Å². The van der Waals surface area contributed by atoms with E-state index in [4.69, 9.17) is 0 Å². The Morgan fingerprint density at radius 3 is 2.38 bits per heavy atom. The number of aromatic nitrogens is 3. The van der Waals surface area contributed by atoms with E-state index < -0.39 is 0 Å². The van der Waals surface area contributed by atoms with Crippen molar-refractivity contribution in [3.63, 3.8) is 0 Å². The average Bonchev–Trinajstić information content (AvgIpc) is 3.40. The molecule has 5 heterocycles. The molecule has 0 aromatic carbocycles. The molecule has 1 N–H and O–H groups in total. The monoisotopic (exact) mass is 498 g/mol. The predicted molar refractivity (Wildman–Crippen MR) is 137 cm³/mol. The second-order valence-electron chi connectivity index (χ2n) is 9.30. The van der Waals surface area contributed by atoms with Gasteiger partial charge in [0, 0.05) is 48.3 Å². The highest BCUT2D eigenvalue weighted by Gasteiger charge is 2.33. The van der Waals surface area contributed by atoms with Crippen molar-refractivity contribution in [3.8, 4) is 0 Å². The number of aryl methyl sites for hydroxylation is 3. The van der Waals surface area contributed by atoms with Crippen molar-refractivity contribution < 1.29 is 9.59 Å². The maximum absolute atomic E-state index is 13.2. The van der Waals surface area contributed by atoms with Crippen molar-refractivity contribution in [1.29, 1.82) is 0 Å². The van der Waals surface area contributed by atoms with E-state index in [2.05, 4.69) is 39.0 Å². The van der Waals surface area contributed by atoms with Gasteiger partial charge in [-0.2, -0.15) is 0 Å². The molecule has 8 nitrogen and oxygen atoms in total. The molecule has 10 heteroatoms. The van der Waals surface area contributed by atoms with Crippen molar-refractivity contribution in [1.82, 2.24) is 19.9 Å². The van der Waals surface area contributed by atoms with Crippen molar-refractivity contribution >= 4 is 55.7 Å². The summed E-state index contributed by atoms with van der Waals surface area (Å²) in [5.74, 6) is 1.24. The van der Waals surface area contributed by atoms with Gasteiger partial charge in [-0.05, 0) is 52.0 Å². The van der Waals surface area contributed by atoms with Crippen molar-refractivity contribution in [2.75, 3.05) is 36.4 Å². The molecule has 2 fully saturated rings. The Morgan fingerprint density at radius 1 is 1.00 bits per heavy atom. The first-order valence-electron chi connectivity index (χ1n) is 11.9. The van der Waals surface area contributed by atoms with E-state index in [1.807, 2.05) is 17.2 Å². The highest BCUT2D eigenvalue weighted by Crippen LogP contribution is 2.36. The van der Waals surface area contributed by atoms with Crippen LogP contribution in [0.4, 0.5) is 10.9 Å². The van der Waals surface area contributed by atoms with Crippen molar-refractivity contribution in [2.24, 2.45) is 11.8 Å². The maximum atomic E-state index is 13.2. The van der Waals surface area contributed by atoms with Crippen LogP contribution in [-0.4, -0.2) is 57.8 Å². The van der Waals surface area contributed by atoms with Crippen LogP contribution in [0.25, 0.3) is 10.2 Å².